The van der Waals surface area contributed by atoms with Gasteiger partial charge in [-0.2, -0.15) is 0 Å². The minimum atomic E-state index is -1.22. The van der Waals surface area contributed by atoms with E-state index in [0.717, 1.165) is 22.3 Å². The third kappa shape index (κ3) is 2.30. The van der Waals surface area contributed by atoms with Crippen molar-refractivity contribution < 1.29 is 19.1 Å². The summed E-state index contributed by atoms with van der Waals surface area (Å²) in [4.78, 5) is 42.9. The maximum absolute atomic E-state index is 14.1. The standard InChI is InChI=1S/C27H20ClNO4/c1-14(30)27-18-9-5-3-7-16(18)22(17-8-4-6-10-19(17)27)23-24(27)26(32)29(25(23)31)20-13-15(28)11-12-21(20)33-2/h3-13,22-24H,1-2H3/t22?,23-,24-,27?/m1/s1. The lowest BCUT2D eigenvalue weighted by atomic mass is 9.46. The lowest BCUT2D eigenvalue weighted by molar-refractivity contribution is -0.132. The molecule has 0 radical (unpaired) electrons. The number of carbonyl (C=O) groups excluding carboxylic acids is 3. The van der Waals surface area contributed by atoms with Crippen molar-refractivity contribution in [1.29, 1.82) is 0 Å². The van der Waals surface area contributed by atoms with Crippen molar-refractivity contribution in [2.24, 2.45) is 11.8 Å². The molecular weight excluding hydrogens is 438 g/mol. The molecule has 164 valence electrons. The summed E-state index contributed by atoms with van der Waals surface area (Å²) in [6.07, 6.45) is 0. The SMILES string of the molecule is COc1ccc(Cl)cc1N1C(=O)[C@@H]2C3c4ccccc4C(C(C)=O)(c4ccccc43)[C@H]2C1=O. The van der Waals surface area contributed by atoms with Gasteiger partial charge in [0.2, 0.25) is 11.8 Å². The number of nitrogens with zero attached hydrogens (tertiary/aromatic N) is 1. The van der Waals surface area contributed by atoms with Crippen molar-refractivity contribution in [2.75, 3.05) is 12.0 Å². The Morgan fingerprint density at radius 2 is 1.55 bits per heavy atom. The smallest absolute Gasteiger partial charge is 0.239 e. The second-order valence-corrected chi connectivity index (χ2v) is 9.28. The molecule has 0 N–H and O–H groups in total. The van der Waals surface area contributed by atoms with Crippen LogP contribution in [0.2, 0.25) is 5.02 Å². The van der Waals surface area contributed by atoms with Crippen molar-refractivity contribution in [1.82, 2.24) is 0 Å². The normalized spacial score (nSPS) is 26.6. The van der Waals surface area contributed by atoms with Gasteiger partial charge < -0.3 is 4.74 Å². The quantitative estimate of drug-likeness (QED) is 0.544. The first kappa shape index (κ1) is 20.2. The van der Waals surface area contributed by atoms with Gasteiger partial charge in [-0.1, -0.05) is 60.1 Å². The Labute approximate surface area is 195 Å². The Bertz CT molecular complexity index is 1330. The summed E-state index contributed by atoms with van der Waals surface area (Å²) in [5, 5.41) is 0.386. The van der Waals surface area contributed by atoms with E-state index in [0.29, 0.717) is 16.5 Å². The van der Waals surface area contributed by atoms with Crippen LogP contribution in [0.1, 0.15) is 35.1 Å². The van der Waals surface area contributed by atoms with E-state index in [1.165, 1.54) is 18.9 Å². The fourth-order valence-electron chi connectivity index (χ4n) is 6.45. The zero-order valence-electron chi connectivity index (χ0n) is 18.0. The summed E-state index contributed by atoms with van der Waals surface area (Å²) in [6.45, 7) is 1.52. The Balaban J connectivity index is 1.67. The number of ketones is 1. The molecule has 33 heavy (non-hydrogen) atoms. The third-order valence-electron chi connectivity index (χ3n) is 7.56. The van der Waals surface area contributed by atoms with Crippen molar-refractivity contribution >= 4 is 34.9 Å². The van der Waals surface area contributed by atoms with Gasteiger partial charge in [0, 0.05) is 10.9 Å². The van der Waals surface area contributed by atoms with Gasteiger partial charge in [-0.25, -0.2) is 4.90 Å². The second-order valence-electron chi connectivity index (χ2n) is 8.85. The summed E-state index contributed by atoms with van der Waals surface area (Å²) in [7, 11) is 1.48. The average Bonchev–Trinajstić information content (AvgIpc) is 3.09. The Kier molecular flexibility index (Phi) is 4.15. The first-order valence-corrected chi connectivity index (χ1v) is 11.2. The predicted molar refractivity (Wildman–Crippen MR) is 124 cm³/mol. The molecule has 0 aromatic heterocycles. The van der Waals surface area contributed by atoms with Gasteiger partial charge in [0.1, 0.15) is 11.5 Å². The number of methoxy groups -OCH3 is 1. The number of halogens is 1. The monoisotopic (exact) mass is 457 g/mol. The molecular formula is C27H20ClNO4. The lowest BCUT2D eigenvalue weighted by Gasteiger charge is -2.52. The lowest BCUT2D eigenvalue weighted by Crippen LogP contribution is -2.57. The average molecular weight is 458 g/mol. The van der Waals surface area contributed by atoms with Crippen molar-refractivity contribution in [3.8, 4) is 5.75 Å². The molecule has 2 amide bonds. The van der Waals surface area contributed by atoms with E-state index < -0.39 is 23.2 Å². The molecule has 0 unspecified atom stereocenters. The summed E-state index contributed by atoms with van der Waals surface area (Å²) >= 11 is 6.24. The van der Waals surface area contributed by atoms with Crippen LogP contribution in [-0.2, 0) is 19.8 Å². The molecule has 3 aromatic carbocycles. The fraction of sp³-hybridized carbons (Fsp3) is 0.222. The van der Waals surface area contributed by atoms with Crippen LogP contribution < -0.4 is 9.64 Å². The van der Waals surface area contributed by atoms with Gasteiger partial charge in [-0.3, -0.25) is 14.4 Å². The van der Waals surface area contributed by atoms with Gasteiger partial charge in [-0.15, -0.1) is 0 Å². The van der Waals surface area contributed by atoms with Gasteiger partial charge in [-0.05, 0) is 47.4 Å². The fourth-order valence-corrected chi connectivity index (χ4v) is 6.61. The molecule has 1 fully saturated rings. The Hall–Kier alpha value is -3.44. The maximum atomic E-state index is 14.1. The van der Waals surface area contributed by atoms with Crippen LogP contribution in [0.15, 0.2) is 66.7 Å². The summed E-state index contributed by atoms with van der Waals surface area (Å²) in [5.74, 6) is -2.32. The highest BCUT2D eigenvalue weighted by Gasteiger charge is 2.70. The highest BCUT2D eigenvalue weighted by atomic mass is 35.5. The molecule has 6 heteroatoms. The molecule has 0 spiro atoms. The molecule has 4 aliphatic rings. The van der Waals surface area contributed by atoms with E-state index in [4.69, 9.17) is 16.3 Å². The van der Waals surface area contributed by atoms with E-state index in [1.54, 1.807) is 18.2 Å². The van der Waals surface area contributed by atoms with Crippen LogP contribution >= 0.6 is 11.6 Å². The predicted octanol–water partition coefficient (Wildman–Crippen LogP) is 4.49. The molecule has 3 aromatic rings. The minimum Gasteiger partial charge on any atom is -0.495 e. The zero-order valence-corrected chi connectivity index (χ0v) is 18.8. The molecule has 7 rings (SSSR count). The molecule has 1 aliphatic heterocycles. The molecule has 2 bridgehead atoms. The first-order valence-electron chi connectivity index (χ1n) is 10.8. The number of Topliss-reactive ketones (excluding diaryl/α,β-unsaturated/α-hetero) is 1. The molecule has 1 heterocycles. The van der Waals surface area contributed by atoms with E-state index in [2.05, 4.69) is 0 Å². The summed E-state index contributed by atoms with van der Waals surface area (Å²) < 4.78 is 5.46. The molecule has 0 saturated carbocycles. The summed E-state index contributed by atoms with van der Waals surface area (Å²) in [6, 6.07) is 20.3. The number of imide groups is 1. The van der Waals surface area contributed by atoms with E-state index in [1.807, 2.05) is 48.5 Å². The van der Waals surface area contributed by atoms with E-state index >= 15 is 0 Å². The number of hydrogen-bond acceptors (Lipinski definition) is 4. The van der Waals surface area contributed by atoms with Crippen molar-refractivity contribution in [2.45, 2.75) is 18.3 Å². The van der Waals surface area contributed by atoms with Gasteiger partial charge in [0.25, 0.3) is 0 Å². The highest BCUT2D eigenvalue weighted by molar-refractivity contribution is 6.32. The van der Waals surface area contributed by atoms with Gasteiger partial charge in [0.05, 0.1) is 30.0 Å². The molecule has 3 aliphatic carbocycles. The van der Waals surface area contributed by atoms with Crippen LogP contribution in [-0.4, -0.2) is 24.7 Å². The maximum Gasteiger partial charge on any atom is 0.239 e. The third-order valence-corrected chi connectivity index (χ3v) is 7.79. The number of ether oxygens (including phenoxy) is 1. The number of rotatable bonds is 3. The topological polar surface area (TPSA) is 63.7 Å². The molecule has 2 atom stereocenters. The zero-order chi connectivity index (χ0) is 23.1. The largest absolute Gasteiger partial charge is 0.495 e. The number of carbonyl (C=O) groups is 3. The van der Waals surface area contributed by atoms with Crippen molar-refractivity contribution in [3.63, 3.8) is 0 Å². The number of benzene rings is 3. The number of hydrogen-bond donors (Lipinski definition) is 0. The summed E-state index contributed by atoms with van der Waals surface area (Å²) in [5.41, 5.74) is 2.61. The van der Waals surface area contributed by atoms with Crippen molar-refractivity contribution in [3.05, 3.63) is 94.0 Å². The van der Waals surface area contributed by atoms with Crippen LogP contribution in [0.4, 0.5) is 5.69 Å². The first-order chi connectivity index (χ1) is 15.9. The van der Waals surface area contributed by atoms with Crippen LogP contribution in [0, 0.1) is 11.8 Å². The highest BCUT2D eigenvalue weighted by Crippen LogP contribution is 2.64. The Morgan fingerprint density at radius 3 is 2.12 bits per heavy atom. The van der Waals surface area contributed by atoms with Crippen LogP contribution in [0.5, 0.6) is 5.75 Å². The van der Waals surface area contributed by atoms with E-state index in [-0.39, 0.29) is 17.6 Å². The molecule has 1 saturated heterocycles. The number of anilines is 1. The Morgan fingerprint density at radius 1 is 0.939 bits per heavy atom. The van der Waals surface area contributed by atoms with E-state index in [9.17, 15) is 14.4 Å². The number of amides is 2. The van der Waals surface area contributed by atoms with Crippen LogP contribution in [0.3, 0.4) is 0 Å². The molecule has 5 nitrogen and oxygen atoms in total. The minimum absolute atomic E-state index is 0.142. The van der Waals surface area contributed by atoms with Gasteiger partial charge >= 0.3 is 0 Å². The van der Waals surface area contributed by atoms with Gasteiger partial charge in [0.15, 0.2) is 0 Å². The second kappa shape index (κ2) is 6.78. The van der Waals surface area contributed by atoms with Crippen LogP contribution in [0.25, 0.3) is 0 Å².